The van der Waals surface area contributed by atoms with Crippen molar-refractivity contribution in [2.45, 2.75) is 45.2 Å². The van der Waals surface area contributed by atoms with E-state index in [2.05, 4.69) is 20.3 Å². The van der Waals surface area contributed by atoms with E-state index in [1.165, 1.54) is 24.7 Å². The fourth-order valence-corrected chi connectivity index (χ4v) is 2.38. The van der Waals surface area contributed by atoms with Gasteiger partial charge >= 0.3 is 5.97 Å². The minimum atomic E-state index is -2.06. The van der Waals surface area contributed by atoms with Gasteiger partial charge in [0.15, 0.2) is 11.2 Å². The molecular formula is C14H22N6O5. The van der Waals surface area contributed by atoms with Crippen molar-refractivity contribution in [3.63, 3.8) is 0 Å². The maximum absolute atomic E-state index is 11.8. The highest BCUT2D eigenvalue weighted by Crippen LogP contribution is 2.25. The molecule has 6 N–H and O–H groups in total. The molecule has 0 fully saturated rings. The monoisotopic (exact) mass is 354 g/mol. The maximum atomic E-state index is 11.8. The Hall–Kier alpha value is -2.50. The minimum absolute atomic E-state index is 0.0449. The fourth-order valence-electron chi connectivity index (χ4n) is 2.38. The molecule has 11 nitrogen and oxygen atoms in total. The lowest BCUT2D eigenvalue weighted by Gasteiger charge is -2.39. The molecule has 0 aromatic carbocycles. The third-order valence-electron chi connectivity index (χ3n) is 3.70. The Morgan fingerprint density at radius 2 is 2.20 bits per heavy atom. The highest BCUT2D eigenvalue weighted by molar-refractivity contribution is 5.78. The van der Waals surface area contributed by atoms with Gasteiger partial charge in [-0.25, -0.2) is 9.78 Å². The second-order valence-electron chi connectivity index (χ2n) is 6.08. The van der Waals surface area contributed by atoms with Crippen LogP contribution in [-0.2, 0) is 16.3 Å². The summed E-state index contributed by atoms with van der Waals surface area (Å²) in [5.41, 5.74) is 1.39. The molecular weight excluding hydrogens is 332 g/mol. The number of hydrogen-bond acceptors (Lipinski definition) is 8. The molecule has 2 aromatic heterocycles. The number of carboxylic acid groups (broad SMARTS) is 1. The molecule has 25 heavy (non-hydrogen) atoms. The first kappa shape index (κ1) is 18.8. The molecule has 0 bridgehead atoms. The van der Waals surface area contributed by atoms with Gasteiger partial charge in [-0.1, -0.05) is 6.92 Å². The molecule has 0 aliphatic carbocycles. The van der Waals surface area contributed by atoms with E-state index >= 15 is 0 Å². The van der Waals surface area contributed by atoms with E-state index in [9.17, 15) is 19.8 Å². The predicted molar refractivity (Wildman–Crippen MR) is 88.6 cm³/mol. The third kappa shape index (κ3) is 3.48. The molecule has 0 aliphatic rings. The van der Waals surface area contributed by atoms with Crippen LogP contribution in [0.5, 0.6) is 0 Å². The number of anilines is 1. The van der Waals surface area contributed by atoms with Crippen LogP contribution < -0.4 is 16.6 Å². The SMILES string of the molecule is CCCN[C@](OCn1cnc2c(=O)[nH]c(N)nc21)(C(=O)O)C(C)(C)O. The zero-order chi connectivity index (χ0) is 18.8. The molecule has 138 valence electrons. The van der Waals surface area contributed by atoms with E-state index in [4.69, 9.17) is 10.5 Å². The standard InChI is InChI=1S/C14H22N6O5/c1-4-5-17-14(11(22)23,13(2,3)24)25-7-20-6-16-8-9(20)18-12(15)19-10(8)21/h6,17,24H,4-5,7H2,1-3H3,(H,22,23)(H3,15,18,19,21)/t14-/m0/s1. The van der Waals surface area contributed by atoms with Gasteiger partial charge in [-0.3, -0.25) is 19.7 Å². The quantitative estimate of drug-likeness (QED) is 0.382. The number of nitrogens with zero attached hydrogens (tertiary/aromatic N) is 3. The summed E-state index contributed by atoms with van der Waals surface area (Å²) in [4.78, 5) is 33.8. The zero-order valence-electron chi connectivity index (χ0n) is 14.2. The van der Waals surface area contributed by atoms with Crippen LogP contribution in [0.25, 0.3) is 11.2 Å². The van der Waals surface area contributed by atoms with Crippen LogP contribution in [0, 0.1) is 0 Å². The van der Waals surface area contributed by atoms with Crippen LogP contribution in [0.1, 0.15) is 27.2 Å². The Bertz CT molecular complexity index is 823. The Morgan fingerprint density at radius 3 is 2.76 bits per heavy atom. The largest absolute Gasteiger partial charge is 0.478 e. The van der Waals surface area contributed by atoms with Crippen LogP contribution in [0.15, 0.2) is 11.1 Å². The number of aromatic nitrogens is 4. The van der Waals surface area contributed by atoms with Crippen molar-refractivity contribution in [3.8, 4) is 0 Å². The molecule has 0 amide bonds. The molecule has 0 radical (unpaired) electrons. The molecule has 0 spiro atoms. The summed E-state index contributed by atoms with van der Waals surface area (Å²) in [6.45, 7) is 4.51. The Morgan fingerprint density at radius 1 is 1.52 bits per heavy atom. The molecule has 0 saturated carbocycles. The number of carboxylic acids is 1. The van der Waals surface area contributed by atoms with Gasteiger partial charge in [0.25, 0.3) is 5.56 Å². The molecule has 11 heteroatoms. The highest BCUT2D eigenvalue weighted by atomic mass is 16.6. The summed E-state index contributed by atoms with van der Waals surface area (Å²) in [5.74, 6) is -1.47. The lowest BCUT2D eigenvalue weighted by atomic mass is 9.94. The van der Waals surface area contributed by atoms with Crippen LogP contribution in [0.4, 0.5) is 5.95 Å². The first-order valence-corrected chi connectivity index (χ1v) is 7.67. The van der Waals surface area contributed by atoms with Crippen molar-refractivity contribution in [1.29, 1.82) is 0 Å². The molecule has 2 rings (SSSR count). The number of imidazole rings is 1. The number of aliphatic carboxylic acids is 1. The number of hydrogen-bond donors (Lipinski definition) is 5. The number of aromatic amines is 1. The minimum Gasteiger partial charge on any atom is -0.478 e. The van der Waals surface area contributed by atoms with Gasteiger partial charge in [0.05, 0.1) is 6.33 Å². The number of H-pyrrole nitrogens is 1. The van der Waals surface area contributed by atoms with E-state index in [1.54, 1.807) is 0 Å². The predicted octanol–water partition coefficient (Wildman–Crippen LogP) is -0.773. The number of rotatable bonds is 8. The van der Waals surface area contributed by atoms with E-state index in [-0.39, 0.29) is 23.8 Å². The molecule has 2 heterocycles. The number of nitrogen functional groups attached to an aromatic ring is 1. The van der Waals surface area contributed by atoms with Gasteiger partial charge < -0.3 is 20.7 Å². The van der Waals surface area contributed by atoms with E-state index in [0.29, 0.717) is 13.0 Å². The average Bonchev–Trinajstić information content (AvgIpc) is 2.89. The molecule has 1 atom stereocenters. The highest BCUT2D eigenvalue weighted by Gasteiger charge is 2.52. The zero-order valence-corrected chi connectivity index (χ0v) is 14.2. The first-order chi connectivity index (χ1) is 11.6. The molecule has 0 unspecified atom stereocenters. The van der Waals surface area contributed by atoms with Crippen molar-refractivity contribution in [2.75, 3.05) is 12.3 Å². The Balaban J connectivity index is 2.38. The number of nitrogens with one attached hydrogen (secondary N) is 2. The average molecular weight is 354 g/mol. The summed E-state index contributed by atoms with van der Waals surface area (Å²) >= 11 is 0. The number of nitrogens with two attached hydrogens (primary N) is 1. The van der Waals surface area contributed by atoms with Crippen molar-refractivity contribution in [1.82, 2.24) is 24.8 Å². The number of ether oxygens (including phenoxy) is 1. The molecule has 0 saturated heterocycles. The topological polar surface area (TPSA) is 168 Å². The van der Waals surface area contributed by atoms with E-state index in [1.807, 2.05) is 6.92 Å². The summed E-state index contributed by atoms with van der Waals surface area (Å²) < 4.78 is 6.89. The van der Waals surface area contributed by atoms with Gasteiger partial charge in [-0.2, -0.15) is 4.98 Å². The first-order valence-electron chi connectivity index (χ1n) is 7.67. The number of fused-ring (bicyclic) bond motifs is 1. The fraction of sp³-hybridized carbons (Fsp3) is 0.571. The van der Waals surface area contributed by atoms with Gasteiger partial charge in [-0.15, -0.1) is 0 Å². The van der Waals surface area contributed by atoms with E-state index in [0.717, 1.165) is 0 Å². The smallest absolute Gasteiger partial charge is 0.354 e. The van der Waals surface area contributed by atoms with Crippen molar-refractivity contribution < 1.29 is 19.7 Å². The Kier molecular flexibility index (Phi) is 5.11. The number of aliphatic hydroxyl groups is 1. The van der Waals surface area contributed by atoms with Gasteiger partial charge in [0.1, 0.15) is 12.3 Å². The van der Waals surface area contributed by atoms with Gasteiger partial charge in [0, 0.05) is 0 Å². The van der Waals surface area contributed by atoms with Crippen LogP contribution in [0.3, 0.4) is 0 Å². The molecule has 0 aliphatic heterocycles. The summed E-state index contributed by atoms with van der Waals surface area (Å²) in [5, 5.41) is 22.8. The van der Waals surface area contributed by atoms with Crippen molar-refractivity contribution in [2.24, 2.45) is 0 Å². The summed E-state index contributed by atoms with van der Waals surface area (Å²) in [6, 6.07) is 0. The molecule has 2 aromatic rings. The van der Waals surface area contributed by atoms with Crippen LogP contribution in [0.2, 0.25) is 0 Å². The van der Waals surface area contributed by atoms with Gasteiger partial charge in [0.2, 0.25) is 11.7 Å². The van der Waals surface area contributed by atoms with E-state index < -0.39 is 22.9 Å². The van der Waals surface area contributed by atoms with Crippen molar-refractivity contribution >= 4 is 23.1 Å². The van der Waals surface area contributed by atoms with Crippen LogP contribution in [-0.4, -0.2) is 53.6 Å². The second kappa shape index (κ2) is 6.78. The second-order valence-corrected chi connectivity index (χ2v) is 6.08. The maximum Gasteiger partial charge on any atom is 0.354 e. The summed E-state index contributed by atoms with van der Waals surface area (Å²) in [6.07, 6.45) is 1.92. The van der Waals surface area contributed by atoms with Gasteiger partial charge in [-0.05, 0) is 26.8 Å². The summed E-state index contributed by atoms with van der Waals surface area (Å²) in [7, 11) is 0. The number of carbonyl (C=O) groups is 1. The Labute approximate surface area is 142 Å². The third-order valence-corrected chi connectivity index (χ3v) is 3.70. The lowest BCUT2D eigenvalue weighted by molar-refractivity contribution is -0.221. The van der Waals surface area contributed by atoms with Crippen LogP contribution >= 0.6 is 0 Å². The lowest BCUT2D eigenvalue weighted by Crippen LogP contribution is -2.67. The normalized spacial score (nSPS) is 14.6. The van der Waals surface area contributed by atoms with Crippen molar-refractivity contribution in [3.05, 3.63) is 16.7 Å².